The Morgan fingerprint density at radius 2 is 2.16 bits per heavy atom. The minimum atomic E-state index is 0.120. The average Bonchev–Trinajstić information content (AvgIpc) is 2.88. The fourth-order valence-corrected chi connectivity index (χ4v) is 3.05. The van der Waals surface area contributed by atoms with Crippen molar-refractivity contribution in [1.82, 2.24) is 9.55 Å². The zero-order valence-electron chi connectivity index (χ0n) is 12.4. The van der Waals surface area contributed by atoms with Crippen molar-refractivity contribution in [2.45, 2.75) is 52.6 Å². The first-order valence-electron chi connectivity index (χ1n) is 6.73. The maximum Gasteiger partial charge on any atom is 0.203 e. The smallest absolute Gasteiger partial charge is 0.203 e. The standard InChI is InChI=1S/C15H23N3S/c1-11(2)16-14-17-12(3)9-18(14)10-15(4,5)13-7-6-8-19-13/h6-9,11H,10H2,1-5H3,(H,16,17). The number of nitrogens with one attached hydrogen (secondary N) is 1. The largest absolute Gasteiger partial charge is 0.353 e. The second-order valence-electron chi connectivity index (χ2n) is 5.99. The predicted octanol–water partition coefficient (Wildman–Crippen LogP) is 4.05. The van der Waals surface area contributed by atoms with Crippen molar-refractivity contribution >= 4 is 17.3 Å². The lowest BCUT2D eigenvalue weighted by Crippen LogP contribution is -2.25. The number of hydrogen-bond acceptors (Lipinski definition) is 3. The van der Waals surface area contributed by atoms with Crippen LogP contribution in [0, 0.1) is 6.92 Å². The SMILES string of the molecule is Cc1cn(CC(C)(C)c2cccs2)c(NC(C)C)n1. The minimum Gasteiger partial charge on any atom is -0.353 e. The van der Waals surface area contributed by atoms with E-state index in [4.69, 9.17) is 0 Å². The molecular formula is C15H23N3S. The van der Waals surface area contributed by atoms with Gasteiger partial charge in [0.2, 0.25) is 5.95 Å². The highest BCUT2D eigenvalue weighted by Crippen LogP contribution is 2.30. The highest BCUT2D eigenvalue weighted by molar-refractivity contribution is 7.10. The van der Waals surface area contributed by atoms with E-state index in [9.17, 15) is 0 Å². The van der Waals surface area contributed by atoms with E-state index in [1.807, 2.05) is 18.3 Å². The first-order valence-corrected chi connectivity index (χ1v) is 7.61. The Balaban J connectivity index is 2.23. The Bertz CT molecular complexity index is 524. The number of imidazole rings is 1. The zero-order valence-corrected chi connectivity index (χ0v) is 13.2. The van der Waals surface area contributed by atoms with Gasteiger partial charge >= 0.3 is 0 Å². The van der Waals surface area contributed by atoms with E-state index in [1.165, 1.54) is 4.88 Å². The minimum absolute atomic E-state index is 0.120. The Morgan fingerprint density at radius 1 is 1.42 bits per heavy atom. The van der Waals surface area contributed by atoms with Crippen LogP contribution in [0.15, 0.2) is 23.7 Å². The normalized spacial score (nSPS) is 12.1. The van der Waals surface area contributed by atoms with Gasteiger partial charge in [-0.3, -0.25) is 0 Å². The number of hydrogen-bond donors (Lipinski definition) is 1. The first-order chi connectivity index (χ1) is 8.88. The van der Waals surface area contributed by atoms with Crippen LogP contribution in [0.4, 0.5) is 5.95 Å². The summed E-state index contributed by atoms with van der Waals surface area (Å²) in [4.78, 5) is 5.98. The van der Waals surface area contributed by atoms with Crippen LogP contribution in [-0.2, 0) is 12.0 Å². The van der Waals surface area contributed by atoms with Gasteiger partial charge in [-0.2, -0.15) is 0 Å². The molecule has 1 N–H and O–H groups in total. The van der Waals surface area contributed by atoms with Gasteiger partial charge in [-0.1, -0.05) is 19.9 Å². The molecule has 0 fully saturated rings. The average molecular weight is 277 g/mol. The van der Waals surface area contributed by atoms with Crippen molar-refractivity contribution in [3.05, 3.63) is 34.3 Å². The lowest BCUT2D eigenvalue weighted by molar-refractivity contribution is 0.444. The van der Waals surface area contributed by atoms with Crippen molar-refractivity contribution < 1.29 is 0 Å². The summed E-state index contributed by atoms with van der Waals surface area (Å²) < 4.78 is 2.23. The molecule has 0 saturated heterocycles. The quantitative estimate of drug-likeness (QED) is 0.893. The summed E-state index contributed by atoms with van der Waals surface area (Å²) in [7, 11) is 0. The maximum absolute atomic E-state index is 4.57. The highest BCUT2D eigenvalue weighted by Gasteiger charge is 2.24. The molecule has 19 heavy (non-hydrogen) atoms. The van der Waals surface area contributed by atoms with Gasteiger partial charge in [-0.25, -0.2) is 4.98 Å². The van der Waals surface area contributed by atoms with Crippen molar-refractivity contribution in [1.29, 1.82) is 0 Å². The molecule has 0 radical (unpaired) electrons. The lowest BCUT2D eigenvalue weighted by atomic mass is 9.91. The summed E-state index contributed by atoms with van der Waals surface area (Å²) in [5.74, 6) is 0.970. The molecule has 0 aliphatic carbocycles. The molecule has 0 bridgehead atoms. The van der Waals surface area contributed by atoms with Crippen LogP contribution in [0.1, 0.15) is 38.3 Å². The van der Waals surface area contributed by atoms with Gasteiger partial charge in [0.15, 0.2) is 0 Å². The number of aromatic nitrogens is 2. The number of thiophene rings is 1. The summed E-state index contributed by atoms with van der Waals surface area (Å²) in [6.45, 7) is 11.8. The van der Waals surface area contributed by atoms with Gasteiger partial charge in [0.05, 0.1) is 5.69 Å². The molecule has 0 amide bonds. The van der Waals surface area contributed by atoms with Crippen molar-refractivity contribution in [3.63, 3.8) is 0 Å². The van der Waals surface area contributed by atoms with Crippen LogP contribution in [-0.4, -0.2) is 15.6 Å². The van der Waals surface area contributed by atoms with Crippen molar-refractivity contribution in [3.8, 4) is 0 Å². The molecule has 0 saturated carbocycles. The molecule has 3 nitrogen and oxygen atoms in total. The monoisotopic (exact) mass is 277 g/mol. The van der Waals surface area contributed by atoms with Crippen LogP contribution >= 0.6 is 11.3 Å². The number of aryl methyl sites for hydroxylation is 1. The molecule has 4 heteroatoms. The fourth-order valence-electron chi connectivity index (χ4n) is 2.21. The maximum atomic E-state index is 4.57. The van der Waals surface area contributed by atoms with Crippen LogP contribution in [0.2, 0.25) is 0 Å². The van der Waals surface area contributed by atoms with Gasteiger partial charge in [-0.05, 0) is 32.2 Å². The summed E-state index contributed by atoms with van der Waals surface area (Å²) in [5, 5.41) is 5.56. The van der Waals surface area contributed by atoms with Gasteiger partial charge in [0, 0.05) is 29.1 Å². The lowest BCUT2D eigenvalue weighted by Gasteiger charge is -2.25. The van der Waals surface area contributed by atoms with E-state index in [0.717, 1.165) is 18.2 Å². The summed E-state index contributed by atoms with van der Waals surface area (Å²) in [5.41, 5.74) is 1.18. The van der Waals surface area contributed by atoms with Crippen LogP contribution in [0.3, 0.4) is 0 Å². The fraction of sp³-hybridized carbons (Fsp3) is 0.533. The molecule has 2 aromatic heterocycles. The topological polar surface area (TPSA) is 29.9 Å². The molecule has 0 aliphatic heterocycles. The number of rotatable bonds is 5. The van der Waals surface area contributed by atoms with E-state index in [0.29, 0.717) is 6.04 Å². The Hall–Kier alpha value is -1.29. The third kappa shape index (κ3) is 3.38. The summed E-state index contributed by atoms with van der Waals surface area (Å²) in [6, 6.07) is 4.73. The first kappa shape index (κ1) is 14.1. The second-order valence-corrected chi connectivity index (χ2v) is 6.94. The summed E-state index contributed by atoms with van der Waals surface area (Å²) in [6.07, 6.45) is 2.13. The Kier molecular flexibility index (Phi) is 3.99. The molecule has 0 atom stereocenters. The molecule has 2 heterocycles. The Morgan fingerprint density at radius 3 is 2.74 bits per heavy atom. The Labute approximate surface area is 119 Å². The molecule has 0 unspecified atom stereocenters. The molecule has 0 aromatic carbocycles. The third-order valence-electron chi connectivity index (χ3n) is 3.07. The molecule has 104 valence electrons. The molecule has 2 rings (SSSR count). The molecule has 2 aromatic rings. The van der Waals surface area contributed by atoms with Gasteiger partial charge in [-0.15, -0.1) is 11.3 Å². The molecule has 0 spiro atoms. The third-order valence-corrected chi connectivity index (χ3v) is 4.30. The zero-order chi connectivity index (χ0) is 14.0. The van der Waals surface area contributed by atoms with Crippen LogP contribution < -0.4 is 5.32 Å². The van der Waals surface area contributed by atoms with Crippen molar-refractivity contribution in [2.24, 2.45) is 0 Å². The van der Waals surface area contributed by atoms with Crippen LogP contribution in [0.25, 0.3) is 0 Å². The van der Waals surface area contributed by atoms with Crippen LogP contribution in [0.5, 0.6) is 0 Å². The van der Waals surface area contributed by atoms with E-state index in [2.05, 4.69) is 66.3 Å². The van der Waals surface area contributed by atoms with E-state index >= 15 is 0 Å². The summed E-state index contributed by atoms with van der Waals surface area (Å²) >= 11 is 1.82. The van der Waals surface area contributed by atoms with Crippen molar-refractivity contribution in [2.75, 3.05) is 5.32 Å². The highest BCUT2D eigenvalue weighted by atomic mass is 32.1. The molecule has 0 aliphatic rings. The van der Waals surface area contributed by atoms with E-state index < -0.39 is 0 Å². The number of nitrogens with zero attached hydrogens (tertiary/aromatic N) is 2. The number of anilines is 1. The molecular weight excluding hydrogens is 254 g/mol. The van der Waals surface area contributed by atoms with E-state index in [1.54, 1.807) is 0 Å². The van der Waals surface area contributed by atoms with Gasteiger partial charge in [0.25, 0.3) is 0 Å². The van der Waals surface area contributed by atoms with E-state index in [-0.39, 0.29) is 5.41 Å². The second kappa shape index (κ2) is 5.37. The predicted molar refractivity (Wildman–Crippen MR) is 83.1 cm³/mol. The van der Waals surface area contributed by atoms with Gasteiger partial charge < -0.3 is 9.88 Å². The van der Waals surface area contributed by atoms with Gasteiger partial charge in [0.1, 0.15) is 0 Å².